The Balaban J connectivity index is 1.53. The van der Waals surface area contributed by atoms with Gasteiger partial charge in [-0.3, -0.25) is 0 Å². The number of benzene rings is 2. The molecular weight excluding hydrogens is 464 g/mol. The van der Waals surface area contributed by atoms with Crippen LogP contribution < -0.4 is 10.4 Å². The van der Waals surface area contributed by atoms with Gasteiger partial charge in [-0.2, -0.15) is 0 Å². The van der Waals surface area contributed by atoms with Gasteiger partial charge in [-0.25, -0.2) is 9.59 Å². The fourth-order valence-corrected chi connectivity index (χ4v) is 5.18. The predicted octanol–water partition coefficient (Wildman–Crippen LogP) is 7.56. The molecule has 196 valence electrons. The van der Waals surface area contributed by atoms with E-state index in [1.165, 1.54) is 24.8 Å². The van der Waals surface area contributed by atoms with Crippen molar-refractivity contribution in [1.82, 2.24) is 0 Å². The molecule has 1 aromatic heterocycles. The molecule has 0 radical (unpaired) electrons. The third-order valence-electron chi connectivity index (χ3n) is 7.58. The number of aryl methyl sites for hydroxylation is 2. The van der Waals surface area contributed by atoms with E-state index in [0.717, 1.165) is 35.8 Å². The van der Waals surface area contributed by atoms with Gasteiger partial charge in [-0.05, 0) is 74.4 Å². The first-order valence-corrected chi connectivity index (χ1v) is 13.3. The number of hydrogen-bond donors (Lipinski definition) is 0. The smallest absolute Gasteiger partial charge is 0.344 e. The summed E-state index contributed by atoms with van der Waals surface area (Å²) in [5, 5.41) is 0.840. The summed E-state index contributed by atoms with van der Waals surface area (Å²) in [7, 11) is 0. The molecule has 0 saturated heterocycles. The van der Waals surface area contributed by atoms with Crippen molar-refractivity contribution in [2.24, 2.45) is 5.41 Å². The quantitative estimate of drug-likeness (QED) is 0.131. The van der Waals surface area contributed by atoms with E-state index in [-0.39, 0.29) is 29.2 Å². The highest BCUT2D eigenvalue weighted by atomic mass is 16.6. The summed E-state index contributed by atoms with van der Waals surface area (Å²) in [6, 6.07) is 13.8. The molecule has 2 atom stereocenters. The topological polar surface area (TPSA) is 65.7 Å². The minimum absolute atomic E-state index is 0.141. The van der Waals surface area contributed by atoms with E-state index in [1.54, 1.807) is 13.0 Å². The fourth-order valence-electron chi connectivity index (χ4n) is 5.18. The van der Waals surface area contributed by atoms with Crippen LogP contribution in [-0.2, 0) is 16.0 Å². The Hall–Kier alpha value is -3.34. The standard InChI is InChI=1S/C32H38O5/c1-7-8-9-10-22-11-14-25(21(4)17-22)26-18-23-12-13-24(19-27(23)36-31(26)34)35-28-15-16-29(32(28,5)6)37-30(33)20(2)3/h11-14,17-19,28-29H,2,7-10,15-16H2,1,3-6H3. The molecule has 37 heavy (non-hydrogen) atoms. The maximum atomic E-state index is 13.0. The zero-order chi connectivity index (χ0) is 26.7. The van der Waals surface area contributed by atoms with Gasteiger partial charge in [-0.15, -0.1) is 0 Å². The van der Waals surface area contributed by atoms with Crippen molar-refractivity contribution in [2.75, 3.05) is 0 Å². The first-order chi connectivity index (χ1) is 17.6. The molecule has 2 unspecified atom stereocenters. The maximum Gasteiger partial charge on any atom is 0.344 e. The Kier molecular flexibility index (Phi) is 7.91. The largest absolute Gasteiger partial charge is 0.490 e. The average molecular weight is 503 g/mol. The number of hydrogen-bond acceptors (Lipinski definition) is 5. The molecular formula is C32H38O5. The second-order valence-electron chi connectivity index (χ2n) is 10.9. The van der Waals surface area contributed by atoms with Gasteiger partial charge in [0.1, 0.15) is 23.5 Å². The highest BCUT2D eigenvalue weighted by Gasteiger charge is 2.47. The molecule has 0 spiro atoms. The monoisotopic (exact) mass is 502 g/mol. The minimum atomic E-state index is -0.372. The molecule has 5 nitrogen and oxygen atoms in total. The number of fused-ring (bicyclic) bond motifs is 1. The van der Waals surface area contributed by atoms with Crippen LogP contribution in [0.1, 0.15) is 70.9 Å². The number of unbranched alkanes of at least 4 members (excludes halogenated alkanes) is 2. The van der Waals surface area contributed by atoms with Crippen LogP contribution >= 0.6 is 0 Å². The Morgan fingerprint density at radius 3 is 2.51 bits per heavy atom. The van der Waals surface area contributed by atoms with Crippen LogP contribution in [0.25, 0.3) is 22.1 Å². The zero-order valence-electron chi connectivity index (χ0n) is 22.7. The molecule has 0 bridgehead atoms. The molecule has 1 saturated carbocycles. The van der Waals surface area contributed by atoms with E-state index >= 15 is 0 Å². The highest BCUT2D eigenvalue weighted by Crippen LogP contribution is 2.42. The average Bonchev–Trinajstić information content (AvgIpc) is 3.12. The van der Waals surface area contributed by atoms with Crippen molar-refractivity contribution in [2.45, 2.75) is 85.4 Å². The van der Waals surface area contributed by atoms with Crippen LogP contribution in [0.2, 0.25) is 0 Å². The number of carbonyl (C=O) groups is 1. The van der Waals surface area contributed by atoms with Crippen molar-refractivity contribution >= 4 is 16.9 Å². The van der Waals surface area contributed by atoms with E-state index in [9.17, 15) is 9.59 Å². The van der Waals surface area contributed by atoms with Gasteiger partial charge in [0.05, 0.1) is 5.56 Å². The van der Waals surface area contributed by atoms with Crippen LogP contribution in [0.3, 0.4) is 0 Å². The lowest BCUT2D eigenvalue weighted by molar-refractivity contribution is -0.150. The van der Waals surface area contributed by atoms with E-state index < -0.39 is 0 Å². The van der Waals surface area contributed by atoms with Crippen molar-refractivity contribution in [1.29, 1.82) is 0 Å². The van der Waals surface area contributed by atoms with Gasteiger partial charge in [0.25, 0.3) is 0 Å². The van der Waals surface area contributed by atoms with Crippen LogP contribution in [0.5, 0.6) is 5.75 Å². The van der Waals surface area contributed by atoms with Crippen LogP contribution in [0.4, 0.5) is 0 Å². The normalized spacial score (nSPS) is 18.6. The lowest BCUT2D eigenvalue weighted by Gasteiger charge is -2.32. The summed E-state index contributed by atoms with van der Waals surface area (Å²) in [6.45, 7) is 13.7. The van der Waals surface area contributed by atoms with Crippen LogP contribution in [-0.4, -0.2) is 18.2 Å². The first kappa shape index (κ1) is 26.7. The summed E-state index contributed by atoms with van der Waals surface area (Å²) in [6.07, 6.45) is 5.75. The van der Waals surface area contributed by atoms with Crippen molar-refractivity contribution in [3.05, 3.63) is 76.2 Å². The zero-order valence-corrected chi connectivity index (χ0v) is 22.7. The van der Waals surface area contributed by atoms with E-state index in [1.807, 2.05) is 45.0 Å². The molecule has 4 rings (SSSR count). The van der Waals surface area contributed by atoms with Gasteiger partial charge in [0, 0.05) is 22.4 Å². The summed E-state index contributed by atoms with van der Waals surface area (Å²) >= 11 is 0. The fraction of sp³-hybridized carbons (Fsp3) is 0.438. The molecule has 0 N–H and O–H groups in total. The summed E-state index contributed by atoms with van der Waals surface area (Å²) < 4.78 is 17.7. The second kappa shape index (κ2) is 11.0. The van der Waals surface area contributed by atoms with E-state index in [0.29, 0.717) is 22.5 Å². The molecule has 1 aliphatic rings. The Bertz CT molecular complexity index is 1360. The Morgan fingerprint density at radius 2 is 1.81 bits per heavy atom. The summed E-state index contributed by atoms with van der Waals surface area (Å²) in [5.74, 6) is 0.254. The number of carbonyl (C=O) groups excluding carboxylic acids is 1. The predicted molar refractivity (Wildman–Crippen MR) is 148 cm³/mol. The van der Waals surface area contributed by atoms with Gasteiger partial charge in [0.15, 0.2) is 0 Å². The minimum Gasteiger partial charge on any atom is -0.490 e. The number of esters is 1. The Labute approximate surface area is 219 Å². The molecule has 1 fully saturated rings. The SMILES string of the molecule is C=C(C)C(=O)OC1CCC(Oc2ccc3cc(-c4ccc(CCCCC)cc4C)c(=O)oc3c2)C1(C)C. The third-order valence-corrected chi connectivity index (χ3v) is 7.58. The molecule has 0 aliphatic heterocycles. The highest BCUT2D eigenvalue weighted by molar-refractivity contribution is 5.87. The maximum absolute atomic E-state index is 13.0. The molecule has 3 aromatic rings. The van der Waals surface area contributed by atoms with E-state index in [4.69, 9.17) is 13.9 Å². The lowest BCUT2D eigenvalue weighted by Crippen LogP contribution is -2.38. The van der Waals surface area contributed by atoms with Crippen molar-refractivity contribution in [3.8, 4) is 16.9 Å². The van der Waals surface area contributed by atoms with Crippen molar-refractivity contribution < 1.29 is 18.7 Å². The molecule has 0 amide bonds. The Morgan fingerprint density at radius 1 is 1.05 bits per heavy atom. The van der Waals surface area contributed by atoms with Crippen molar-refractivity contribution in [3.63, 3.8) is 0 Å². The molecule has 2 aromatic carbocycles. The number of rotatable bonds is 9. The van der Waals surface area contributed by atoms with Crippen LogP contribution in [0.15, 0.2) is 63.8 Å². The molecule has 1 heterocycles. The lowest BCUT2D eigenvalue weighted by atomic mass is 9.86. The third kappa shape index (κ3) is 5.82. The van der Waals surface area contributed by atoms with E-state index in [2.05, 4.69) is 25.6 Å². The van der Waals surface area contributed by atoms with Gasteiger partial charge in [-0.1, -0.05) is 58.4 Å². The second-order valence-corrected chi connectivity index (χ2v) is 10.9. The van der Waals surface area contributed by atoms with Gasteiger partial charge in [0.2, 0.25) is 0 Å². The van der Waals surface area contributed by atoms with Gasteiger partial charge >= 0.3 is 11.6 Å². The molecule has 1 aliphatic carbocycles. The summed E-state index contributed by atoms with van der Waals surface area (Å²) in [5.41, 5.74) is 3.99. The first-order valence-electron chi connectivity index (χ1n) is 13.3. The summed E-state index contributed by atoms with van der Waals surface area (Å²) in [4.78, 5) is 25.0. The van der Waals surface area contributed by atoms with Gasteiger partial charge < -0.3 is 13.9 Å². The van der Waals surface area contributed by atoms with Crippen LogP contribution in [0, 0.1) is 12.3 Å². The number of ether oxygens (including phenoxy) is 2. The molecule has 5 heteroatoms.